The number of fused-ring (bicyclic) bond motifs is 1. The third-order valence-electron chi connectivity index (χ3n) is 5.40. The lowest BCUT2D eigenvalue weighted by Gasteiger charge is -2.35. The first kappa shape index (κ1) is 19.1. The molecule has 150 valence electrons. The molecule has 1 aliphatic carbocycles. The van der Waals surface area contributed by atoms with E-state index in [0.717, 1.165) is 30.8 Å². The third kappa shape index (κ3) is 3.57. The van der Waals surface area contributed by atoms with Gasteiger partial charge in [0.2, 0.25) is 0 Å². The van der Waals surface area contributed by atoms with Crippen LogP contribution < -0.4 is 0 Å². The van der Waals surface area contributed by atoms with Gasteiger partial charge in [0.15, 0.2) is 5.15 Å². The van der Waals surface area contributed by atoms with E-state index in [4.69, 9.17) is 11.6 Å². The van der Waals surface area contributed by atoms with E-state index in [0.29, 0.717) is 48.3 Å². The van der Waals surface area contributed by atoms with Crippen molar-refractivity contribution in [2.24, 2.45) is 0 Å². The Balaban J connectivity index is 1.61. The molecule has 28 heavy (non-hydrogen) atoms. The van der Waals surface area contributed by atoms with Crippen molar-refractivity contribution >= 4 is 17.7 Å². The fourth-order valence-corrected chi connectivity index (χ4v) is 4.21. The van der Waals surface area contributed by atoms with Gasteiger partial charge < -0.3 is 9.67 Å². The standard InChI is InChI=1S/C19H19ClF3N3O2/c20-16-15-14(7-4-11-2-1-3-13(10-11)19(21,22)23)25(18(27)28)8-9-26(15)17(24-16)12-5-6-12/h1-3,10,12,14H,4-9H2,(H,27,28). The molecule has 1 unspecified atom stereocenters. The highest BCUT2D eigenvalue weighted by Gasteiger charge is 2.38. The lowest BCUT2D eigenvalue weighted by Crippen LogP contribution is -2.42. The minimum atomic E-state index is -4.41. The molecule has 0 saturated heterocycles. The summed E-state index contributed by atoms with van der Waals surface area (Å²) in [6, 6.07) is 4.60. The summed E-state index contributed by atoms with van der Waals surface area (Å²) in [6.45, 7) is 0.801. The van der Waals surface area contributed by atoms with Crippen molar-refractivity contribution in [2.45, 2.75) is 50.4 Å². The van der Waals surface area contributed by atoms with Crippen LogP contribution in [-0.4, -0.2) is 32.2 Å². The maximum absolute atomic E-state index is 13.0. The molecular weight excluding hydrogens is 395 g/mol. The second-order valence-corrected chi connectivity index (χ2v) is 7.66. The quantitative estimate of drug-likeness (QED) is 0.758. The number of aromatic nitrogens is 2. The Morgan fingerprint density at radius 3 is 2.68 bits per heavy atom. The molecule has 1 atom stereocenters. The van der Waals surface area contributed by atoms with Gasteiger partial charge in [0.25, 0.3) is 0 Å². The van der Waals surface area contributed by atoms with E-state index in [1.165, 1.54) is 11.0 Å². The third-order valence-corrected chi connectivity index (χ3v) is 5.67. The molecule has 0 radical (unpaired) electrons. The molecule has 1 saturated carbocycles. The van der Waals surface area contributed by atoms with E-state index >= 15 is 0 Å². The molecule has 5 nitrogen and oxygen atoms in total. The van der Waals surface area contributed by atoms with Crippen LogP contribution in [0.25, 0.3) is 0 Å². The van der Waals surface area contributed by atoms with E-state index in [1.54, 1.807) is 6.07 Å². The first-order valence-corrected chi connectivity index (χ1v) is 9.55. The Labute approximate surface area is 164 Å². The highest BCUT2D eigenvalue weighted by atomic mass is 35.5. The van der Waals surface area contributed by atoms with Crippen molar-refractivity contribution in [3.63, 3.8) is 0 Å². The van der Waals surface area contributed by atoms with Gasteiger partial charge in [0.1, 0.15) is 5.82 Å². The van der Waals surface area contributed by atoms with Crippen LogP contribution in [0.1, 0.15) is 53.9 Å². The minimum absolute atomic E-state index is 0.293. The fourth-order valence-electron chi connectivity index (χ4n) is 3.90. The van der Waals surface area contributed by atoms with Gasteiger partial charge >= 0.3 is 12.3 Å². The Morgan fingerprint density at radius 1 is 1.29 bits per heavy atom. The molecule has 0 bridgehead atoms. The van der Waals surface area contributed by atoms with Gasteiger partial charge in [-0.1, -0.05) is 29.8 Å². The van der Waals surface area contributed by atoms with Crippen LogP contribution in [0.3, 0.4) is 0 Å². The number of halogens is 4. The highest BCUT2D eigenvalue weighted by Crippen LogP contribution is 2.44. The first-order valence-electron chi connectivity index (χ1n) is 9.17. The molecule has 2 heterocycles. The zero-order valence-electron chi connectivity index (χ0n) is 14.9. The van der Waals surface area contributed by atoms with E-state index < -0.39 is 23.9 Å². The van der Waals surface area contributed by atoms with Crippen molar-refractivity contribution in [3.05, 3.63) is 52.1 Å². The molecule has 9 heteroatoms. The average Bonchev–Trinajstić information content (AvgIpc) is 3.43. The van der Waals surface area contributed by atoms with Gasteiger partial charge in [-0.25, -0.2) is 9.78 Å². The van der Waals surface area contributed by atoms with E-state index in [2.05, 4.69) is 4.98 Å². The maximum atomic E-state index is 13.0. The Bertz CT molecular complexity index is 908. The number of nitrogens with zero attached hydrogens (tertiary/aromatic N) is 3. The maximum Gasteiger partial charge on any atom is 0.416 e. The zero-order chi connectivity index (χ0) is 20.1. The van der Waals surface area contributed by atoms with Crippen molar-refractivity contribution in [1.82, 2.24) is 14.5 Å². The summed E-state index contributed by atoms with van der Waals surface area (Å²) < 4.78 is 40.9. The molecule has 2 aromatic rings. The second-order valence-electron chi connectivity index (χ2n) is 7.30. The predicted molar refractivity (Wildman–Crippen MR) is 96.4 cm³/mol. The molecule has 2 aliphatic rings. The van der Waals surface area contributed by atoms with Crippen LogP contribution in [-0.2, 0) is 19.1 Å². The number of carboxylic acid groups (broad SMARTS) is 1. The average molecular weight is 414 g/mol. The topological polar surface area (TPSA) is 58.4 Å². The second kappa shape index (κ2) is 6.99. The van der Waals surface area contributed by atoms with E-state index in [1.807, 2.05) is 4.57 Å². The van der Waals surface area contributed by atoms with Crippen molar-refractivity contribution in [1.29, 1.82) is 0 Å². The minimum Gasteiger partial charge on any atom is -0.465 e. The number of amides is 1. The number of aryl methyl sites for hydroxylation is 1. The Kier molecular flexibility index (Phi) is 4.77. The predicted octanol–water partition coefficient (Wildman–Crippen LogP) is 5.10. The lowest BCUT2D eigenvalue weighted by molar-refractivity contribution is -0.137. The summed E-state index contributed by atoms with van der Waals surface area (Å²) in [5.41, 5.74) is 0.461. The monoisotopic (exact) mass is 413 g/mol. The van der Waals surface area contributed by atoms with E-state index in [-0.39, 0.29) is 0 Å². The number of benzene rings is 1. The summed E-state index contributed by atoms with van der Waals surface area (Å²) >= 11 is 6.37. The van der Waals surface area contributed by atoms with Crippen LogP contribution in [0.5, 0.6) is 0 Å². The van der Waals surface area contributed by atoms with Crippen LogP contribution in [0, 0.1) is 0 Å². The van der Waals surface area contributed by atoms with Gasteiger partial charge in [0, 0.05) is 19.0 Å². The van der Waals surface area contributed by atoms with Gasteiger partial charge in [-0.15, -0.1) is 0 Å². The van der Waals surface area contributed by atoms with Gasteiger partial charge in [-0.2, -0.15) is 13.2 Å². The number of hydrogen-bond acceptors (Lipinski definition) is 2. The zero-order valence-corrected chi connectivity index (χ0v) is 15.7. The van der Waals surface area contributed by atoms with Crippen molar-refractivity contribution < 1.29 is 23.1 Å². The van der Waals surface area contributed by atoms with Crippen LogP contribution in [0.4, 0.5) is 18.0 Å². The van der Waals surface area contributed by atoms with Crippen molar-refractivity contribution in [2.75, 3.05) is 6.54 Å². The molecule has 1 amide bonds. The number of rotatable bonds is 4. The molecule has 1 aromatic heterocycles. The van der Waals surface area contributed by atoms with Crippen LogP contribution in [0.15, 0.2) is 24.3 Å². The first-order chi connectivity index (χ1) is 13.3. The summed E-state index contributed by atoms with van der Waals surface area (Å²) in [5.74, 6) is 1.26. The number of carbonyl (C=O) groups is 1. The summed E-state index contributed by atoms with van der Waals surface area (Å²) in [6.07, 6.45) is -2.74. The van der Waals surface area contributed by atoms with Gasteiger partial charge in [-0.05, 0) is 37.3 Å². The van der Waals surface area contributed by atoms with Crippen molar-refractivity contribution in [3.8, 4) is 0 Å². The van der Waals surface area contributed by atoms with Gasteiger partial charge in [0.05, 0.1) is 17.3 Å². The SMILES string of the molecule is O=C(O)N1CCn2c(C3CC3)nc(Cl)c2C1CCc1cccc(C(F)(F)F)c1. The summed E-state index contributed by atoms with van der Waals surface area (Å²) in [4.78, 5) is 17.5. The Morgan fingerprint density at radius 2 is 2.04 bits per heavy atom. The number of alkyl halides is 3. The van der Waals surface area contributed by atoms with Crippen LogP contribution in [0.2, 0.25) is 5.15 Å². The van der Waals surface area contributed by atoms with Crippen LogP contribution >= 0.6 is 11.6 Å². The number of hydrogen-bond donors (Lipinski definition) is 1. The normalized spacial score (nSPS) is 19.6. The largest absolute Gasteiger partial charge is 0.465 e. The Hall–Kier alpha value is -2.22. The molecule has 1 aromatic carbocycles. The smallest absolute Gasteiger partial charge is 0.416 e. The molecule has 0 spiro atoms. The molecule has 1 fully saturated rings. The fraction of sp³-hybridized carbons (Fsp3) is 0.474. The number of imidazole rings is 1. The lowest BCUT2D eigenvalue weighted by atomic mass is 9.99. The summed E-state index contributed by atoms with van der Waals surface area (Å²) in [5, 5.41) is 9.90. The highest BCUT2D eigenvalue weighted by molar-refractivity contribution is 6.30. The van der Waals surface area contributed by atoms with E-state index in [9.17, 15) is 23.1 Å². The summed E-state index contributed by atoms with van der Waals surface area (Å²) in [7, 11) is 0. The van der Waals surface area contributed by atoms with Gasteiger partial charge in [-0.3, -0.25) is 4.90 Å². The molecule has 1 aliphatic heterocycles. The molecular formula is C19H19ClF3N3O2. The molecule has 1 N–H and O–H groups in total. The molecule has 4 rings (SSSR count).